The molecule has 3 nitrogen and oxygen atoms in total. The molecule has 10 heavy (non-hydrogen) atoms. The lowest BCUT2D eigenvalue weighted by atomic mass is 10.1. The molecule has 1 saturated heterocycles. The Labute approximate surface area is 58.9 Å². The first kappa shape index (κ1) is 7.91. The molecule has 0 N–H and O–H groups in total. The van der Waals surface area contributed by atoms with E-state index in [1.165, 1.54) is 0 Å². The maximum atomic E-state index is 11.6. The Morgan fingerprint density at radius 2 is 2.40 bits per heavy atom. The van der Waals surface area contributed by atoms with Gasteiger partial charge in [-0.05, 0) is 12.8 Å². The van der Waals surface area contributed by atoms with E-state index in [1.807, 2.05) is 0 Å². The van der Waals surface area contributed by atoms with Crippen molar-refractivity contribution < 1.29 is 19.2 Å². The molecule has 1 aliphatic rings. The third-order valence-electron chi connectivity index (χ3n) is 1.41. The van der Waals surface area contributed by atoms with Gasteiger partial charge in [0.2, 0.25) is 0 Å². The van der Waals surface area contributed by atoms with Crippen molar-refractivity contribution in [3.8, 4) is 0 Å². The lowest BCUT2D eigenvalue weighted by molar-refractivity contribution is -0.549. The number of rotatable bonds is 3. The minimum absolute atomic E-state index is 0.0181. The third-order valence-corrected chi connectivity index (χ3v) is 1.41. The van der Waals surface area contributed by atoms with E-state index >= 15 is 0 Å². The van der Waals surface area contributed by atoms with Crippen LogP contribution in [0.3, 0.4) is 0 Å². The Balaban J connectivity index is 2.02. The Bertz CT molecular complexity index is 83.1. The van der Waals surface area contributed by atoms with Gasteiger partial charge >= 0.3 is 0 Å². The Hall–Kier alpha value is -0.190. The van der Waals surface area contributed by atoms with E-state index in [0.717, 1.165) is 6.42 Å². The maximum absolute atomic E-state index is 11.6. The molecule has 1 rings (SSSR count). The van der Waals surface area contributed by atoms with E-state index in [4.69, 9.17) is 4.89 Å². The number of hydrogen-bond acceptors (Lipinski definition) is 3. The van der Waals surface area contributed by atoms with Gasteiger partial charge in [0.05, 0.1) is 19.4 Å². The minimum Gasteiger partial charge on any atom is -0.251 e. The largest absolute Gasteiger partial charge is 0.251 e. The Morgan fingerprint density at radius 3 is 3.00 bits per heavy atom. The van der Waals surface area contributed by atoms with Crippen LogP contribution in [0.1, 0.15) is 19.3 Å². The summed E-state index contributed by atoms with van der Waals surface area (Å²) in [5.74, 6) is 0. The predicted octanol–water partition coefficient (Wildman–Crippen LogP) is 1.39. The SMILES string of the molecule is FCCCC1CCOOO1. The summed E-state index contributed by atoms with van der Waals surface area (Å²) in [5.41, 5.74) is 0. The van der Waals surface area contributed by atoms with Gasteiger partial charge in [-0.1, -0.05) is 5.04 Å². The Kier molecular flexibility index (Phi) is 3.64. The van der Waals surface area contributed by atoms with Crippen molar-refractivity contribution in [1.82, 2.24) is 0 Å². The van der Waals surface area contributed by atoms with E-state index in [9.17, 15) is 4.39 Å². The molecule has 0 spiro atoms. The summed E-state index contributed by atoms with van der Waals surface area (Å²) in [5, 5.41) is 4.26. The second-order valence-corrected chi connectivity index (χ2v) is 2.23. The van der Waals surface area contributed by atoms with Crippen LogP contribution in [0.2, 0.25) is 0 Å². The van der Waals surface area contributed by atoms with Gasteiger partial charge in [0.15, 0.2) is 0 Å². The fourth-order valence-electron chi connectivity index (χ4n) is 0.842. The smallest absolute Gasteiger partial charge is 0.0985 e. The molecular weight excluding hydrogens is 139 g/mol. The zero-order valence-electron chi connectivity index (χ0n) is 5.72. The average molecular weight is 150 g/mol. The summed E-state index contributed by atoms with van der Waals surface area (Å²) >= 11 is 0. The van der Waals surface area contributed by atoms with Crippen molar-refractivity contribution in [2.75, 3.05) is 13.3 Å². The number of alkyl halides is 1. The summed E-state index contributed by atoms with van der Waals surface area (Å²) < 4.78 is 11.6. The molecule has 4 heteroatoms. The van der Waals surface area contributed by atoms with Crippen LogP contribution in [0.25, 0.3) is 0 Å². The highest BCUT2D eigenvalue weighted by atomic mass is 19.1. The van der Waals surface area contributed by atoms with Crippen molar-refractivity contribution >= 4 is 0 Å². The monoisotopic (exact) mass is 150 g/mol. The van der Waals surface area contributed by atoms with E-state index in [0.29, 0.717) is 19.4 Å². The van der Waals surface area contributed by atoms with Crippen molar-refractivity contribution in [2.45, 2.75) is 25.4 Å². The zero-order chi connectivity index (χ0) is 7.23. The summed E-state index contributed by atoms with van der Waals surface area (Å²) in [6, 6.07) is 0. The quantitative estimate of drug-likeness (QED) is 0.569. The molecule has 0 saturated carbocycles. The predicted molar refractivity (Wildman–Crippen MR) is 31.7 cm³/mol. The first-order valence-corrected chi connectivity index (χ1v) is 3.44. The molecule has 1 aliphatic heterocycles. The van der Waals surface area contributed by atoms with Gasteiger partial charge in [0.1, 0.15) is 0 Å². The summed E-state index contributed by atoms with van der Waals surface area (Å²) in [7, 11) is 0. The van der Waals surface area contributed by atoms with Gasteiger partial charge in [-0.2, -0.15) is 0 Å². The van der Waals surface area contributed by atoms with Gasteiger partial charge in [0, 0.05) is 6.42 Å². The number of halogens is 1. The fraction of sp³-hybridized carbons (Fsp3) is 1.00. The lowest BCUT2D eigenvalue weighted by Crippen LogP contribution is -2.21. The molecule has 0 aromatic rings. The minimum atomic E-state index is -0.291. The first-order valence-electron chi connectivity index (χ1n) is 3.44. The maximum Gasteiger partial charge on any atom is 0.0985 e. The molecule has 0 radical (unpaired) electrons. The van der Waals surface area contributed by atoms with Crippen molar-refractivity contribution in [2.24, 2.45) is 0 Å². The second-order valence-electron chi connectivity index (χ2n) is 2.23. The molecule has 1 fully saturated rings. The van der Waals surface area contributed by atoms with E-state index in [2.05, 4.69) is 9.93 Å². The second kappa shape index (κ2) is 4.60. The molecular formula is C6H11FO3. The molecule has 0 aromatic heterocycles. The van der Waals surface area contributed by atoms with Crippen LogP contribution in [0.15, 0.2) is 0 Å². The van der Waals surface area contributed by atoms with Crippen LogP contribution in [0.4, 0.5) is 4.39 Å². The van der Waals surface area contributed by atoms with Gasteiger partial charge in [-0.3, -0.25) is 4.39 Å². The number of hydrogen-bond donors (Lipinski definition) is 0. The normalized spacial score (nSPS) is 26.7. The Morgan fingerprint density at radius 1 is 1.50 bits per heavy atom. The van der Waals surface area contributed by atoms with Crippen LogP contribution in [0, 0.1) is 0 Å². The summed E-state index contributed by atoms with van der Waals surface area (Å²) in [4.78, 5) is 9.15. The van der Waals surface area contributed by atoms with Crippen molar-refractivity contribution in [3.63, 3.8) is 0 Å². The highest BCUT2D eigenvalue weighted by molar-refractivity contribution is 4.56. The lowest BCUT2D eigenvalue weighted by Gasteiger charge is -2.18. The standard InChI is InChI=1S/C6H11FO3/c7-4-1-2-6-3-5-8-10-9-6/h6H,1-5H2. The van der Waals surface area contributed by atoms with Crippen LogP contribution in [-0.2, 0) is 14.8 Å². The topological polar surface area (TPSA) is 27.7 Å². The molecule has 1 atom stereocenters. The van der Waals surface area contributed by atoms with Crippen molar-refractivity contribution in [3.05, 3.63) is 0 Å². The van der Waals surface area contributed by atoms with Gasteiger partial charge in [0.25, 0.3) is 0 Å². The highest BCUT2D eigenvalue weighted by Gasteiger charge is 2.15. The van der Waals surface area contributed by atoms with Crippen LogP contribution >= 0.6 is 0 Å². The molecule has 1 unspecified atom stereocenters. The third kappa shape index (κ3) is 2.60. The van der Waals surface area contributed by atoms with Crippen LogP contribution in [0.5, 0.6) is 0 Å². The molecule has 0 amide bonds. The average Bonchev–Trinajstić information content (AvgIpc) is 2.03. The molecule has 0 bridgehead atoms. The van der Waals surface area contributed by atoms with Crippen LogP contribution < -0.4 is 0 Å². The highest BCUT2D eigenvalue weighted by Crippen LogP contribution is 2.12. The van der Waals surface area contributed by atoms with Crippen LogP contribution in [-0.4, -0.2) is 19.4 Å². The van der Waals surface area contributed by atoms with Gasteiger partial charge in [-0.25, -0.2) is 9.78 Å². The molecule has 0 aliphatic carbocycles. The molecule has 0 aromatic carbocycles. The van der Waals surface area contributed by atoms with E-state index in [-0.39, 0.29) is 12.8 Å². The summed E-state index contributed by atoms with van der Waals surface area (Å²) in [6.45, 7) is 0.248. The molecule has 60 valence electrons. The van der Waals surface area contributed by atoms with Gasteiger partial charge < -0.3 is 0 Å². The van der Waals surface area contributed by atoms with E-state index in [1.54, 1.807) is 0 Å². The van der Waals surface area contributed by atoms with Gasteiger partial charge in [-0.15, -0.1) is 0 Å². The molecule has 1 heterocycles. The zero-order valence-corrected chi connectivity index (χ0v) is 5.72. The fourth-order valence-corrected chi connectivity index (χ4v) is 0.842. The van der Waals surface area contributed by atoms with Crippen molar-refractivity contribution in [1.29, 1.82) is 0 Å². The first-order chi connectivity index (χ1) is 4.93. The summed E-state index contributed by atoms with van der Waals surface area (Å²) in [6.07, 6.45) is 2.05. The van der Waals surface area contributed by atoms with E-state index < -0.39 is 0 Å².